The van der Waals surface area contributed by atoms with Gasteiger partial charge in [0.25, 0.3) is 0 Å². The second-order valence-electron chi connectivity index (χ2n) is 6.45. The van der Waals surface area contributed by atoms with E-state index in [1.165, 1.54) is 11.8 Å². The molecule has 4 aromatic rings. The maximum Gasteiger partial charge on any atom is 0.231 e. The van der Waals surface area contributed by atoms with Gasteiger partial charge in [-0.1, -0.05) is 96.7 Å². The summed E-state index contributed by atoms with van der Waals surface area (Å²) in [7, 11) is 0. The minimum absolute atomic E-state index is 0.0161. The molecule has 4 rings (SSSR count). The molecule has 1 N–H and O–H groups in total. The van der Waals surface area contributed by atoms with Crippen LogP contribution in [0, 0.1) is 0 Å². The Morgan fingerprint density at radius 1 is 0.786 bits per heavy atom. The third-order valence-electron chi connectivity index (χ3n) is 4.50. The molecule has 0 aliphatic heterocycles. The SMILES string of the molecule is O=C(CSc1ccc2ccccc2n1)NC(c1ccccc1)c1ccccc1. The van der Waals surface area contributed by atoms with Gasteiger partial charge in [0.2, 0.25) is 5.91 Å². The highest BCUT2D eigenvalue weighted by molar-refractivity contribution is 7.99. The molecule has 0 aliphatic carbocycles. The summed E-state index contributed by atoms with van der Waals surface area (Å²) in [5.41, 5.74) is 3.08. The molecule has 0 fully saturated rings. The Kier molecular flexibility index (Phi) is 5.69. The predicted octanol–water partition coefficient (Wildman–Crippen LogP) is 5.23. The molecule has 0 spiro atoms. The lowest BCUT2D eigenvalue weighted by atomic mass is 9.99. The first-order chi connectivity index (χ1) is 13.8. The number of pyridine rings is 1. The molecule has 1 amide bonds. The molecule has 4 heteroatoms. The van der Waals surface area contributed by atoms with Gasteiger partial charge in [-0.2, -0.15) is 0 Å². The van der Waals surface area contributed by atoms with Gasteiger partial charge in [-0.05, 0) is 23.3 Å². The minimum Gasteiger partial charge on any atom is -0.344 e. The van der Waals surface area contributed by atoms with Crippen molar-refractivity contribution in [3.8, 4) is 0 Å². The molecule has 3 nitrogen and oxygen atoms in total. The van der Waals surface area contributed by atoms with Gasteiger partial charge in [0, 0.05) is 5.39 Å². The van der Waals surface area contributed by atoms with E-state index in [1.54, 1.807) is 0 Å². The number of fused-ring (bicyclic) bond motifs is 1. The number of carbonyl (C=O) groups excluding carboxylic acids is 1. The van der Waals surface area contributed by atoms with Crippen LogP contribution >= 0.6 is 11.8 Å². The van der Waals surface area contributed by atoms with Crippen LogP contribution in [0.25, 0.3) is 10.9 Å². The Morgan fingerprint density at radius 2 is 1.39 bits per heavy atom. The van der Waals surface area contributed by atoms with Gasteiger partial charge >= 0.3 is 0 Å². The van der Waals surface area contributed by atoms with Crippen LogP contribution in [0.5, 0.6) is 0 Å². The number of carbonyl (C=O) groups is 1. The number of benzene rings is 3. The average Bonchev–Trinajstić information content (AvgIpc) is 2.77. The summed E-state index contributed by atoms with van der Waals surface area (Å²) in [6.07, 6.45) is 0. The topological polar surface area (TPSA) is 42.0 Å². The van der Waals surface area contributed by atoms with Crippen molar-refractivity contribution >= 4 is 28.6 Å². The van der Waals surface area contributed by atoms with Crippen molar-refractivity contribution in [1.29, 1.82) is 0 Å². The van der Waals surface area contributed by atoms with E-state index < -0.39 is 0 Å². The number of aromatic nitrogens is 1. The Balaban J connectivity index is 1.47. The summed E-state index contributed by atoms with van der Waals surface area (Å²) in [5, 5.41) is 5.12. The molecule has 0 aliphatic rings. The van der Waals surface area contributed by atoms with Crippen molar-refractivity contribution in [2.45, 2.75) is 11.1 Å². The minimum atomic E-state index is -0.167. The highest BCUT2D eigenvalue weighted by atomic mass is 32.2. The number of nitrogens with zero attached hydrogens (tertiary/aromatic N) is 1. The standard InChI is InChI=1S/C24H20N2OS/c27-22(17-28-23-16-15-18-9-7-8-14-21(18)25-23)26-24(19-10-3-1-4-11-19)20-12-5-2-6-13-20/h1-16,24H,17H2,(H,26,27). The van der Waals surface area contributed by atoms with Crippen molar-refractivity contribution in [1.82, 2.24) is 10.3 Å². The molecule has 0 radical (unpaired) electrons. The first kappa shape index (κ1) is 18.3. The number of amides is 1. The Bertz CT molecular complexity index is 1030. The van der Waals surface area contributed by atoms with E-state index in [2.05, 4.69) is 10.3 Å². The van der Waals surface area contributed by atoms with Crippen molar-refractivity contribution in [3.05, 3.63) is 108 Å². The molecular weight excluding hydrogens is 364 g/mol. The van der Waals surface area contributed by atoms with Crippen LogP contribution in [0.1, 0.15) is 17.2 Å². The number of hydrogen-bond donors (Lipinski definition) is 1. The molecule has 1 heterocycles. The number of thioether (sulfide) groups is 1. The lowest BCUT2D eigenvalue weighted by Crippen LogP contribution is -2.30. The van der Waals surface area contributed by atoms with Gasteiger partial charge in [-0.15, -0.1) is 0 Å². The molecule has 28 heavy (non-hydrogen) atoms. The molecular formula is C24H20N2OS. The fraction of sp³-hybridized carbons (Fsp3) is 0.0833. The Hall–Kier alpha value is -3.11. The van der Waals surface area contributed by atoms with E-state index >= 15 is 0 Å². The van der Waals surface area contributed by atoms with Crippen molar-refractivity contribution in [3.63, 3.8) is 0 Å². The number of rotatable bonds is 6. The van der Waals surface area contributed by atoms with E-state index in [4.69, 9.17) is 0 Å². The zero-order chi connectivity index (χ0) is 19.2. The summed E-state index contributed by atoms with van der Waals surface area (Å²) >= 11 is 1.45. The molecule has 0 atom stereocenters. The predicted molar refractivity (Wildman–Crippen MR) is 115 cm³/mol. The first-order valence-electron chi connectivity index (χ1n) is 9.17. The molecule has 0 unspecified atom stereocenters. The summed E-state index contributed by atoms with van der Waals surface area (Å²) in [6.45, 7) is 0. The van der Waals surface area contributed by atoms with Crippen LogP contribution in [-0.2, 0) is 4.79 Å². The zero-order valence-electron chi connectivity index (χ0n) is 15.3. The van der Waals surface area contributed by atoms with E-state index in [0.717, 1.165) is 27.1 Å². The number of nitrogens with one attached hydrogen (secondary N) is 1. The van der Waals surface area contributed by atoms with Crippen LogP contribution < -0.4 is 5.32 Å². The summed E-state index contributed by atoms with van der Waals surface area (Å²) in [6, 6.07) is 31.9. The Morgan fingerprint density at radius 3 is 2.07 bits per heavy atom. The number of para-hydroxylation sites is 1. The fourth-order valence-electron chi connectivity index (χ4n) is 3.12. The molecule has 1 aromatic heterocycles. The van der Waals surface area contributed by atoms with E-state index in [0.29, 0.717) is 5.75 Å². The van der Waals surface area contributed by atoms with Gasteiger partial charge in [-0.3, -0.25) is 4.79 Å². The highest BCUT2D eigenvalue weighted by Gasteiger charge is 2.16. The van der Waals surface area contributed by atoms with Crippen LogP contribution in [0.15, 0.2) is 102 Å². The van der Waals surface area contributed by atoms with Gasteiger partial charge in [-0.25, -0.2) is 4.98 Å². The second-order valence-corrected chi connectivity index (χ2v) is 7.45. The van der Waals surface area contributed by atoms with Crippen molar-refractivity contribution in [2.24, 2.45) is 0 Å². The second kappa shape index (κ2) is 8.72. The van der Waals surface area contributed by atoms with Crippen molar-refractivity contribution < 1.29 is 4.79 Å². The quantitative estimate of drug-likeness (QED) is 0.463. The summed E-state index contributed by atoms with van der Waals surface area (Å²) in [4.78, 5) is 17.3. The monoisotopic (exact) mass is 384 g/mol. The third kappa shape index (κ3) is 4.41. The molecule has 3 aromatic carbocycles. The largest absolute Gasteiger partial charge is 0.344 e. The van der Waals surface area contributed by atoms with Gasteiger partial charge in [0.15, 0.2) is 0 Å². The number of hydrogen-bond acceptors (Lipinski definition) is 3. The van der Waals surface area contributed by atoms with Crippen LogP contribution in [-0.4, -0.2) is 16.6 Å². The normalized spacial score (nSPS) is 10.9. The Labute approximate surface area is 168 Å². The molecule has 0 saturated carbocycles. The van der Waals surface area contributed by atoms with Gasteiger partial charge < -0.3 is 5.32 Å². The lowest BCUT2D eigenvalue weighted by molar-refractivity contribution is -0.119. The van der Waals surface area contributed by atoms with Crippen LogP contribution in [0.3, 0.4) is 0 Å². The summed E-state index contributed by atoms with van der Waals surface area (Å²) in [5.74, 6) is 0.305. The van der Waals surface area contributed by atoms with Gasteiger partial charge in [0.05, 0.1) is 22.3 Å². The third-order valence-corrected chi connectivity index (χ3v) is 5.42. The van der Waals surface area contributed by atoms with Crippen molar-refractivity contribution in [2.75, 3.05) is 5.75 Å². The van der Waals surface area contributed by atoms with Crippen LogP contribution in [0.2, 0.25) is 0 Å². The fourth-order valence-corrected chi connectivity index (χ4v) is 3.81. The van der Waals surface area contributed by atoms with E-state index in [1.807, 2.05) is 97.1 Å². The molecule has 0 bridgehead atoms. The average molecular weight is 385 g/mol. The van der Waals surface area contributed by atoms with Crippen LogP contribution in [0.4, 0.5) is 0 Å². The van der Waals surface area contributed by atoms with Gasteiger partial charge in [0.1, 0.15) is 0 Å². The smallest absolute Gasteiger partial charge is 0.231 e. The zero-order valence-corrected chi connectivity index (χ0v) is 16.1. The molecule has 0 saturated heterocycles. The maximum absolute atomic E-state index is 12.7. The van der Waals surface area contributed by atoms with E-state index in [-0.39, 0.29) is 11.9 Å². The summed E-state index contributed by atoms with van der Waals surface area (Å²) < 4.78 is 0. The first-order valence-corrected chi connectivity index (χ1v) is 10.2. The van der Waals surface area contributed by atoms with E-state index in [9.17, 15) is 4.79 Å². The lowest BCUT2D eigenvalue weighted by Gasteiger charge is -2.19. The molecule has 138 valence electrons. The maximum atomic E-state index is 12.7. The highest BCUT2D eigenvalue weighted by Crippen LogP contribution is 2.23.